The van der Waals surface area contributed by atoms with E-state index in [9.17, 15) is 0 Å². The van der Waals surface area contributed by atoms with Crippen molar-refractivity contribution in [2.45, 2.75) is 18.9 Å². The van der Waals surface area contributed by atoms with Crippen molar-refractivity contribution >= 4 is 17.5 Å². The summed E-state index contributed by atoms with van der Waals surface area (Å²) in [6.07, 6.45) is 2.21. The molecule has 1 aliphatic rings. The molecule has 2 aromatic rings. The Labute approximate surface area is 116 Å². The molecule has 6 nitrogen and oxygen atoms in total. The zero-order valence-corrected chi connectivity index (χ0v) is 11.4. The van der Waals surface area contributed by atoms with Crippen molar-refractivity contribution in [3.63, 3.8) is 0 Å². The summed E-state index contributed by atoms with van der Waals surface area (Å²) in [6.45, 7) is 1.92. The molecule has 1 saturated heterocycles. The van der Waals surface area contributed by atoms with Gasteiger partial charge in [-0.05, 0) is 43.6 Å². The molecule has 0 radical (unpaired) electrons. The number of hydrogen-bond donors (Lipinski definition) is 2. The Kier molecular flexibility index (Phi) is 3.44. The smallest absolute Gasteiger partial charge is 0.245 e. The molecule has 0 saturated carbocycles. The van der Waals surface area contributed by atoms with Gasteiger partial charge in [-0.25, -0.2) is 0 Å². The SMILES string of the molecule is CNC1CCN(c2n[nH]c(-c3ccc(Cl)o3)n2)CC1. The van der Waals surface area contributed by atoms with Gasteiger partial charge in [0, 0.05) is 19.1 Å². The highest BCUT2D eigenvalue weighted by atomic mass is 35.5. The average molecular weight is 282 g/mol. The highest BCUT2D eigenvalue weighted by Gasteiger charge is 2.21. The lowest BCUT2D eigenvalue weighted by atomic mass is 10.1. The maximum Gasteiger partial charge on any atom is 0.245 e. The number of piperidine rings is 1. The van der Waals surface area contributed by atoms with Crippen molar-refractivity contribution in [3.05, 3.63) is 17.4 Å². The molecule has 0 atom stereocenters. The largest absolute Gasteiger partial charge is 0.441 e. The number of nitrogens with one attached hydrogen (secondary N) is 2. The van der Waals surface area contributed by atoms with E-state index in [4.69, 9.17) is 16.0 Å². The summed E-state index contributed by atoms with van der Waals surface area (Å²) in [5.41, 5.74) is 0. The number of nitrogens with zero attached hydrogens (tertiary/aromatic N) is 3. The van der Waals surface area contributed by atoms with E-state index < -0.39 is 0 Å². The quantitative estimate of drug-likeness (QED) is 0.899. The molecule has 2 aromatic heterocycles. The van der Waals surface area contributed by atoms with Crippen LogP contribution in [0.2, 0.25) is 5.22 Å². The monoisotopic (exact) mass is 281 g/mol. The van der Waals surface area contributed by atoms with Gasteiger partial charge in [-0.15, -0.1) is 5.10 Å². The minimum Gasteiger partial charge on any atom is -0.441 e. The lowest BCUT2D eigenvalue weighted by Crippen LogP contribution is -2.41. The Morgan fingerprint density at radius 3 is 2.84 bits per heavy atom. The van der Waals surface area contributed by atoms with E-state index in [-0.39, 0.29) is 0 Å². The molecule has 0 bridgehead atoms. The number of H-pyrrole nitrogens is 1. The van der Waals surface area contributed by atoms with Gasteiger partial charge in [0.25, 0.3) is 0 Å². The van der Waals surface area contributed by atoms with E-state index >= 15 is 0 Å². The zero-order chi connectivity index (χ0) is 13.2. The molecule has 19 heavy (non-hydrogen) atoms. The van der Waals surface area contributed by atoms with Crippen LogP contribution in [0.1, 0.15) is 12.8 Å². The number of anilines is 1. The van der Waals surface area contributed by atoms with Gasteiger partial charge in [-0.2, -0.15) is 4.98 Å². The summed E-state index contributed by atoms with van der Waals surface area (Å²) in [6, 6.07) is 4.07. The lowest BCUT2D eigenvalue weighted by Gasteiger charge is -2.30. The van der Waals surface area contributed by atoms with Crippen molar-refractivity contribution in [3.8, 4) is 11.6 Å². The Morgan fingerprint density at radius 2 is 2.21 bits per heavy atom. The molecular weight excluding hydrogens is 266 g/mol. The van der Waals surface area contributed by atoms with E-state index in [0.29, 0.717) is 22.8 Å². The Morgan fingerprint density at radius 1 is 1.42 bits per heavy atom. The van der Waals surface area contributed by atoms with E-state index in [1.165, 1.54) is 0 Å². The van der Waals surface area contributed by atoms with Gasteiger partial charge in [-0.1, -0.05) is 0 Å². The standard InChI is InChI=1S/C12H16ClN5O/c1-14-8-4-6-18(7-5-8)12-15-11(16-17-12)9-2-3-10(13)19-9/h2-3,8,14H,4-7H2,1H3,(H,15,16,17). The molecule has 102 valence electrons. The third-order valence-corrected chi connectivity index (χ3v) is 3.67. The summed E-state index contributed by atoms with van der Waals surface area (Å²) in [5.74, 6) is 1.93. The molecule has 0 aromatic carbocycles. The molecular formula is C12H16ClN5O. The van der Waals surface area contributed by atoms with E-state index in [1.807, 2.05) is 7.05 Å². The van der Waals surface area contributed by atoms with Crippen molar-refractivity contribution in [1.82, 2.24) is 20.5 Å². The van der Waals surface area contributed by atoms with Crippen LogP contribution in [0.15, 0.2) is 16.5 Å². The van der Waals surface area contributed by atoms with Crippen LogP contribution in [0, 0.1) is 0 Å². The highest BCUT2D eigenvalue weighted by Crippen LogP contribution is 2.24. The molecule has 1 fully saturated rings. The van der Waals surface area contributed by atoms with Crippen molar-refractivity contribution in [2.24, 2.45) is 0 Å². The Bertz CT molecular complexity index is 544. The lowest BCUT2D eigenvalue weighted by molar-refractivity contribution is 0.439. The highest BCUT2D eigenvalue weighted by molar-refractivity contribution is 6.28. The fraction of sp³-hybridized carbons (Fsp3) is 0.500. The summed E-state index contributed by atoms with van der Waals surface area (Å²) >= 11 is 5.75. The molecule has 3 rings (SSSR count). The van der Waals surface area contributed by atoms with Gasteiger partial charge < -0.3 is 14.6 Å². The van der Waals surface area contributed by atoms with Gasteiger partial charge in [0.15, 0.2) is 16.8 Å². The van der Waals surface area contributed by atoms with Crippen molar-refractivity contribution in [1.29, 1.82) is 0 Å². The van der Waals surface area contributed by atoms with Crippen LogP contribution in [0.4, 0.5) is 5.95 Å². The van der Waals surface area contributed by atoms with Crippen LogP contribution >= 0.6 is 11.6 Å². The summed E-state index contributed by atoms with van der Waals surface area (Å²) in [7, 11) is 2.01. The van der Waals surface area contributed by atoms with Crippen LogP contribution in [0.5, 0.6) is 0 Å². The fourth-order valence-corrected chi connectivity index (χ4v) is 2.46. The van der Waals surface area contributed by atoms with E-state index in [0.717, 1.165) is 31.9 Å². The molecule has 1 aliphatic heterocycles. The van der Waals surface area contributed by atoms with Crippen molar-refractivity contribution in [2.75, 3.05) is 25.0 Å². The minimum absolute atomic E-state index is 0.350. The summed E-state index contributed by atoms with van der Waals surface area (Å²) in [5, 5.41) is 10.8. The molecule has 0 aliphatic carbocycles. The van der Waals surface area contributed by atoms with E-state index in [2.05, 4.69) is 25.4 Å². The van der Waals surface area contributed by atoms with Gasteiger partial charge in [0.2, 0.25) is 5.95 Å². The normalized spacial score (nSPS) is 17.1. The number of aromatic nitrogens is 3. The van der Waals surface area contributed by atoms with Crippen LogP contribution in [0.25, 0.3) is 11.6 Å². The average Bonchev–Trinajstić information content (AvgIpc) is 3.07. The minimum atomic E-state index is 0.350. The Balaban J connectivity index is 1.72. The molecule has 3 heterocycles. The first-order valence-corrected chi connectivity index (χ1v) is 6.74. The van der Waals surface area contributed by atoms with Gasteiger partial charge in [-0.3, -0.25) is 5.10 Å². The van der Waals surface area contributed by atoms with Crippen LogP contribution < -0.4 is 10.2 Å². The first-order valence-electron chi connectivity index (χ1n) is 6.36. The van der Waals surface area contributed by atoms with Gasteiger partial charge >= 0.3 is 0 Å². The molecule has 0 unspecified atom stereocenters. The van der Waals surface area contributed by atoms with Crippen molar-refractivity contribution < 1.29 is 4.42 Å². The Hall–Kier alpha value is -1.53. The topological polar surface area (TPSA) is 70.0 Å². The maximum absolute atomic E-state index is 5.75. The molecule has 2 N–H and O–H groups in total. The summed E-state index contributed by atoms with van der Waals surface area (Å²) < 4.78 is 5.31. The number of furan rings is 1. The van der Waals surface area contributed by atoms with E-state index in [1.54, 1.807) is 12.1 Å². The second kappa shape index (κ2) is 5.22. The summed E-state index contributed by atoms with van der Waals surface area (Å²) in [4.78, 5) is 6.63. The zero-order valence-electron chi connectivity index (χ0n) is 10.7. The maximum atomic E-state index is 5.75. The van der Waals surface area contributed by atoms with Crippen LogP contribution in [0.3, 0.4) is 0 Å². The third-order valence-electron chi connectivity index (χ3n) is 3.47. The van der Waals surface area contributed by atoms with Crippen LogP contribution in [-0.2, 0) is 0 Å². The number of rotatable bonds is 3. The second-order valence-electron chi connectivity index (χ2n) is 4.64. The second-order valence-corrected chi connectivity index (χ2v) is 5.01. The third kappa shape index (κ3) is 2.59. The molecule has 7 heteroatoms. The first-order chi connectivity index (χ1) is 9.26. The number of aromatic amines is 1. The van der Waals surface area contributed by atoms with Gasteiger partial charge in [0.1, 0.15) is 0 Å². The number of hydrogen-bond acceptors (Lipinski definition) is 5. The number of halogens is 1. The van der Waals surface area contributed by atoms with Gasteiger partial charge in [0.05, 0.1) is 0 Å². The molecule has 0 spiro atoms. The predicted molar refractivity (Wildman–Crippen MR) is 73.4 cm³/mol. The molecule has 0 amide bonds. The van der Waals surface area contributed by atoms with Crippen LogP contribution in [-0.4, -0.2) is 41.4 Å². The fourth-order valence-electron chi connectivity index (χ4n) is 2.31. The first kappa shape index (κ1) is 12.5. The predicted octanol–water partition coefficient (Wildman–Crippen LogP) is 1.91.